The molecule has 0 bridgehead atoms. The highest BCUT2D eigenvalue weighted by Crippen LogP contribution is 2.18. The third kappa shape index (κ3) is 6.91. The van der Waals surface area contributed by atoms with E-state index in [2.05, 4.69) is 36.3 Å². The van der Waals surface area contributed by atoms with E-state index in [-0.39, 0.29) is 0 Å². The SMILES string of the molecule is CCCCCCCOc1nnc(CNC(C)C)s1. The Bertz CT molecular complexity index is 315. The zero-order valence-electron chi connectivity index (χ0n) is 11.7. The summed E-state index contributed by atoms with van der Waals surface area (Å²) in [5.74, 6) is 0. The molecule has 18 heavy (non-hydrogen) atoms. The topological polar surface area (TPSA) is 47.0 Å². The first-order valence-electron chi connectivity index (χ1n) is 6.91. The van der Waals surface area contributed by atoms with E-state index in [4.69, 9.17) is 4.74 Å². The van der Waals surface area contributed by atoms with E-state index in [9.17, 15) is 0 Å². The summed E-state index contributed by atoms with van der Waals surface area (Å²) >= 11 is 1.54. The average Bonchev–Trinajstić information content (AvgIpc) is 2.79. The van der Waals surface area contributed by atoms with Gasteiger partial charge in [0, 0.05) is 6.04 Å². The van der Waals surface area contributed by atoms with Crippen LogP contribution in [-0.2, 0) is 6.54 Å². The first-order valence-corrected chi connectivity index (χ1v) is 7.72. The fraction of sp³-hybridized carbons (Fsp3) is 0.846. The van der Waals surface area contributed by atoms with Gasteiger partial charge in [-0.25, -0.2) is 0 Å². The monoisotopic (exact) mass is 271 g/mol. The van der Waals surface area contributed by atoms with Crippen molar-refractivity contribution in [1.82, 2.24) is 15.5 Å². The Balaban J connectivity index is 2.11. The van der Waals surface area contributed by atoms with Gasteiger partial charge in [0.25, 0.3) is 5.19 Å². The standard InChI is InChI=1S/C13H25N3OS/c1-4-5-6-7-8-9-17-13-16-15-12(18-13)10-14-11(2)3/h11,14H,4-10H2,1-3H3. The Labute approximate surface area is 114 Å². The van der Waals surface area contributed by atoms with Crippen LogP contribution in [0.1, 0.15) is 57.9 Å². The summed E-state index contributed by atoms with van der Waals surface area (Å²) in [6.45, 7) is 8.00. The number of unbranched alkanes of at least 4 members (excludes halogenated alkanes) is 4. The normalized spacial score (nSPS) is 11.1. The van der Waals surface area contributed by atoms with Gasteiger partial charge in [-0.2, -0.15) is 0 Å². The number of nitrogens with one attached hydrogen (secondary N) is 1. The van der Waals surface area contributed by atoms with Gasteiger partial charge >= 0.3 is 0 Å². The minimum Gasteiger partial charge on any atom is -0.469 e. The van der Waals surface area contributed by atoms with Crippen LogP contribution in [0.15, 0.2) is 0 Å². The molecule has 0 radical (unpaired) electrons. The number of ether oxygens (including phenoxy) is 1. The maximum Gasteiger partial charge on any atom is 0.294 e. The van der Waals surface area contributed by atoms with Crippen LogP contribution in [0.25, 0.3) is 0 Å². The number of nitrogens with zero attached hydrogens (tertiary/aromatic N) is 2. The van der Waals surface area contributed by atoms with Gasteiger partial charge in [0.2, 0.25) is 0 Å². The molecule has 0 atom stereocenters. The van der Waals surface area contributed by atoms with Crippen molar-refractivity contribution in [2.75, 3.05) is 6.61 Å². The van der Waals surface area contributed by atoms with Crippen LogP contribution < -0.4 is 10.1 Å². The van der Waals surface area contributed by atoms with E-state index in [0.717, 1.165) is 24.6 Å². The quantitative estimate of drug-likeness (QED) is 0.663. The molecule has 0 unspecified atom stereocenters. The summed E-state index contributed by atoms with van der Waals surface area (Å²) in [6.07, 6.45) is 6.26. The highest BCUT2D eigenvalue weighted by atomic mass is 32.1. The van der Waals surface area contributed by atoms with Crippen LogP contribution in [0, 0.1) is 0 Å². The summed E-state index contributed by atoms with van der Waals surface area (Å²) < 4.78 is 5.59. The minimum absolute atomic E-state index is 0.469. The molecule has 0 saturated heterocycles. The van der Waals surface area contributed by atoms with E-state index < -0.39 is 0 Å². The van der Waals surface area contributed by atoms with Crippen LogP contribution in [0.5, 0.6) is 5.19 Å². The number of hydrogen-bond acceptors (Lipinski definition) is 5. The third-order valence-electron chi connectivity index (χ3n) is 2.58. The minimum atomic E-state index is 0.469. The van der Waals surface area contributed by atoms with Gasteiger partial charge in [0.15, 0.2) is 0 Å². The molecule has 0 fully saturated rings. The molecule has 104 valence electrons. The van der Waals surface area contributed by atoms with Gasteiger partial charge in [0.05, 0.1) is 13.2 Å². The Hall–Kier alpha value is -0.680. The van der Waals surface area contributed by atoms with Crippen molar-refractivity contribution in [3.8, 4) is 5.19 Å². The van der Waals surface area contributed by atoms with Crippen molar-refractivity contribution in [3.05, 3.63) is 5.01 Å². The van der Waals surface area contributed by atoms with Gasteiger partial charge in [-0.1, -0.05) is 57.8 Å². The van der Waals surface area contributed by atoms with E-state index in [1.165, 1.54) is 37.0 Å². The van der Waals surface area contributed by atoms with Crippen molar-refractivity contribution >= 4 is 11.3 Å². The Morgan fingerprint density at radius 1 is 1.17 bits per heavy atom. The first kappa shape index (κ1) is 15.4. The second-order valence-electron chi connectivity index (χ2n) is 4.76. The summed E-state index contributed by atoms with van der Waals surface area (Å²) in [7, 11) is 0. The van der Waals surface area contributed by atoms with Crippen LogP contribution in [0.2, 0.25) is 0 Å². The van der Waals surface area contributed by atoms with Gasteiger partial charge in [-0.15, -0.1) is 10.2 Å². The maximum absolute atomic E-state index is 5.59. The molecule has 0 aliphatic rings. The van der Waals surface area contributed by atoms with Crippen LogP contribution in [0.3, 0.4) is 0 Å². The molecule has 0 spiro atoms. The summed E-state index contributed by atoms with van der Waals surface area (Å²) in [5.41, 5.74) is 0. The summed E-state index contributed by atoms with van der Waals surface area (Å²) in [4.78, 5) is 0. The van der Waals surface area contributed by atoms with Crippen molar-refractivity contribution in [1.29, 1.82) is 0 Å². The van der Waals surface area contributed by atoms with Crippen LogP contribution >= 0.6 is 11.3 Å². The molecule has 5 heteroatoms. The van der Waals surface area contributed by atoms with Crippen molar-refractivity contribution in [2.24, 2.45) is 0 Å². The van der Waals surface area contributed by atoms with Crippen LogP contribution in [-0.4, -0.2) is 22.8 Å². The highest BCUT2D eigenvalue weighted by Gasteiger charge is 2.05. The lowest BCUT2D eigenvalue weighted by molar-refractivity contribution is 0.300. The van der Waals surface area contributed by atoms with Crippen molar-refractivity contribution < 1.29 is 4.74 Å². The molecule has 0 aliphatic heterocycles. The molecule has 0 amide bonds. The lowest BCUT2D eigenvalue weighted by Gasteiger charge is -2.03. The molecule has 1 aromatic heterocycles. The predicted octanol–water partition coefficient (Wildman–Crippen LogP) is 3.39. The molecule has 0 saturated carbocycles. The molecule has 1 heterocycles. The lowest BCUT2D eigenvalue weighted by Crippen LogP contribution is -2.21. The molecular weight excluding hydrogens is 246 g/mol. The second kappa shape index (κ2) is 9.28. The Kier molecular flexibility index (Phi) is 7.93. The molecular formula is C13H25N3OS. The summed E-state index contributed by atoms with van der Waals surface area (Å²) in [5, 5.41) is 13.1. The summed E-state index contributed by atoms with van der Waals surface area (Å²) in [6, 6.07) is 0.469. The Morgan fingerprint density at radius 2 is 1.94 bits per heavy atom. The number of hydrogen-bond donors (Lipinski definition) is 1. The van der Waals surface area contributed by atoms with Crippen molar-refractivity contribution in [3.63, 3.8) is 0 Å². The Morgan fingerprint density at radius 3 is 2.67 bits per heavy atom. The molecule has 1 N–H and O–H groups in total. The molecule has 4 nitrogen and oxygen atoms in total. The van der Waals surface area contributed by atoms with Gasteiger partial charge in [0.1, 0.15) is 5.01 Å². The van der Waals surface area contributed by atoms with Gasteiger partial charge in [-0.05, 0) is 6.42 Å². The molecule has 1 aromatic rings. The van der Waals surface area contributed by atoms with Gasteiger partial charge < -0.3 is 10.1 Å². The predicted molar refractivity (Wildman–Crippen MR) is 76.1 cm³/mol. The van der Waals surface area contributed by atoms with E-state index in [0.29, 0.717) is 11.2 Å². The largest absolute Gasteiger partial charge is 0.469 e. The zero-order chi connectivity index (χ0) is 13.2. The average molecular weight is 271 g/mol. The fourth-order valence-electron chi connectivity index (χ4n) is 1.52. The lowest BCUT2D eigenvalue weighted by atomic mass is 10.2. The second-order valence-corrected chi connectivity index (χ2v) is 5.78. The van der Waals surface area contributed by atoms with Crippen LogP contribution in [0.4, 0.5) is 0 Å². The smallest absolute Gasteiger partial charge is 0.294 e. The molecule has 0 aliphatic carbocycles. The number of aromatic nitrogens is 2. The van der Waals surface area contributed by atoms with E-state index >= 15 is 0 Å². The molecule has 1 rings (SSSR count). The van der Waals surface area contributed by atoms with E-state index in [1.807, 2.05) is 0 Å². The maximum atomic E-state index is 5.59. The number of rotatable bonds is 10. The molecule has 0 aromatic carbocycles. The fourth-order valence-corrected chi connectivity index (χ4v) is 2.19. The van der Waals surface area contributed by atoms with Gasteiger partial charge in [-0.3, -0.25) is 0 Å². The van der Waals surface area contributed by atoms with E-state index in [1.54, 1.807) is 0 Å². The highest BCUT2D eigenvalue weighted by molar-refractivity contribution is 7.13. The zero-order valence-corrected chi connectivity index (χ0v) is 12.6. The first-order chi connectivity index (χ1) is 8.72. The van der Waals surface area contributed by atoms with Crippen molar-refractivity contribution in [2.45, 2.75) is 65.5 Å². The third-order valence-corrected chi connectivity index (χ3v) is 3.42.